The Labute approximate surface area is 159 Å². The first-order valence-corrected chi connectivity index (χ1v) is 10.0. The number of hydrogen-bond donors (Lipinski definition) is 0. The molecule has 0 saturated carbocycles. The van der Waals surface area contributed by atoms with Gasteiger partial charge in [0.05, 0.1) is 10.6 Å². The van der Waals surface area contributed by atoms with E-state index in [4.69, 9.17) is 0 Å². The number of amides is 1. The molecule has 1 aromatic carbocycles. The number of hydrogen-bond acceptors (Lipinski definition) is 5. The maximum atomic E-state index is 13.3. The lowest BCUT2D eigenvalue weighted by molar-refractivity contribution is -0.128. The molecule has 1 amide bonds. The van der Waals surface area contributed by atoms with E-state index in [0.29, 0.717) is 18.2 Å². The Morgan fingerprint density at radius 3 is 2.85 bits per heavy atom. The van der Waals surface area contributed by atoms with Gasteiger partial charge in [0.15, 0.2) is 11.0 Å². The lowest BCUT2D eigenvalue weighted by atomic mass is 10.2. The molecular weight excluding hydrogens is 371 g/mol. The van der Waals surface area contributed by atoms with Crippen molar-refractivity contribution in [3.63, 3.8) is 0 Å². The van der Waals surface area contributed by atoms with E-state index in [0.717, 1.165) is 16.3 Å². The maximum Gasteiger partial charge on any atom is 0.233 e. The average molecular weight is 391 g/mol. The SMILES string of the molecule is CCN(Cc1cccc(F)c1)C(=O)CSc1nnc(-c2cccs2)n1C. The molecule has 2 heterocycles. The normalized spacial score (nSPS) is 10.9. The Hall–Kier alpha value is -2.19. The highest BCUT2D eigenvalue weighted by molar-refractivity contribution is 7.99. The molecule has 0 saturated heterocycles. The van der Waals surface area contributed by atoms with Crippen molar-refractivity contribution in [2.24, 2.45) is 7.05 Å². The Morgan fingerprint density at radius 1 is 1.31 bits per heavy atom. The van der Waals surface area contributed by atoms with Crippen LogP contribution in [-0.2, 0) is 18.4 Å². The van der Waals surface area contributed by atoms with Crippen molar-refractivity contribution >= 4 is 29.0 Å². The fraction of sp³-hybridized carbons (Fsp3) is 0.278. The molecular formula is C18H19FN4OS2. The molecule has 136 valence electrons. The number of benzene rings is 1. The van der Waals surface area contributed by atoms with Crippen molar-refractivity contribution < 1.29 is 9.18 Å². The molecule has 0 spiro atoms. The molecule has 3 aromatic rings. The summed E-state index contributed by atoms with van der Waals surface area (Å²) in [5.41, 5.74) is 0.781. The summed E-state index contributed by atoms with van der Waals surface area (Å²) < 4.78 is 15.2. The quantitative estimate of drug-likeness (QED) is 0.576. The predicted molar refractivity (Wildman–Crippen MR) is 103 cm³/mol. The Balaban J connectivity index is 1.62. The second-order valence-corrected chi connectivity index (χ2v) is 7.56. The third-order valence-electron chi connectivity index (χ3n) is 3.90. The van der Waals surface area contributed by atoms with Crippen molar-refractivity contribution in [1.82, 2.24) is 19.7 Å². The standard InChI is InChI=1S/C18H19FN4OS2/c1-3-23(11-13-6-4-7-14(19)10-13)16(24)12-26-18-21-20-17(22(18)2)15-8-5-9-25-15/h4-10H,3,11-12H2,1-2H3. The van der Waals surface area contributed by atoms with Gasteiger partial charge in [0, 0.05) is 20.1 Å². The molecule has 0 bridgehead atoms. The zero-order valence-corrected chi connectivity index (χ0v) is 16.2. The monoisotopic (exact) mass is 390 g/mol. The van der Waals surface area contributed by atoms with E-state index in [9.17, 15) is 9.18 Å². The average Bonchev–Trinajstić information content (AvgIpc) is 3.27. The summed E-state index contributed by atoms with van der Waals surface area (Å²) in [6.07, 6.45) is 0. The molecule has 0 atom stereocenters. The molecule has 0 radical (unpaired) electrons. The molecule has 0 aliphatic carbocycles. The zero-order chi connectivity index (χ0) is 18.5. The van der Waals surface area contributed by atoms with Gasteiger partial charge < -0.3 is 9.47 Å². The molecule has 0 N–H and O–H groups in total. The smallest absolute Gasteiger partial charge is 0.233 e. The second kappa shape index (κ2) is 8.46. The summed E-state index contributed by atoms with van der Waals surface area (Å²) in [5.74, 6) is 0.754. The number of carbonyl (C=O) groups excluding carboxylic acids is 1. The minimum atomic E-state index is -0.291. The van der Waals surface area contributed by atoms with Crippen molar-refractivity contribution in [2.45, 2.75) is 18.6 Å². The van der Waals surface area contributed by atoms with Crippen molar-refractivity contribution in [2.75, 3.05) is 12.3 Å². The zero-order valence-electron chi connectivity index (χ0n) is 14.6. The van der Waals surface area contributed by atoms with E-state index in [1.54, 1.807) is 22.3 Å². The Morgan fingerprint density at radius 2 is 2.15 bits per heavy atom. The van der Waals surface area contributed by atoms with Gasteiger partial charge in [-0.1, -0.05) is 30.0 Å². The van der Waals surface area contributed by atoms with Crippen LogP contribution >= 0.6 is 23.1 Å². The van der Waals surface area contributed by atoms with Crippen LogP contribution in [0, 0.1) is 5.82 Å². The molecule has 2 aromatic heterocycles. The molecule has 5 nitrogen and oxygen atoms in total. The number of carbonyl (C=O) groups is 1. The summed E-state index contributed by atoms with van der Waals surface area (Å²) in [6, 6.07) is 10.3. The minimum absolute atomic E-state index is 0.0116. The van der Waals surface area contributed by atoms with Gasteiger partial charge in [-0.2, -0.15) is 0 Å². The van der Waals surface area contributed by atoms with E-state index < -0.39 is 0 Å². The third kappa shape index (κ3) is 4.31. The Kier molecular flexibility index (Phi) is 6.05. The lowest BCUT2D eigenvalue weighted by Crippen LogP contribution is -2.31. The fourth-order valence-corrected chi connectivity index (χ4v) is 4.07. The van der Waals surface area contributed by atoms with Gasteiger partial charge in [0.1, 0.15) is 5.82 Å². The first kappa shape index (κ1) is 18.6. The van der Waals surface area contributed by atoms with Crippen LogP contribution in [0.5, 0.6) is 0 Å². The van der Waals surface area contributed by atoms with Crippen LogP contribution in [-0.4, -0.2) is 37.9 Å². The predicted octanol–water partition coefficient (Wildman–Crippen LogP) is 3.82. The fourth-order valence-electron chi connectivity index (χ4n) is 2.51. The van der Waals surface area contributed by atoms with Crippen LogP contribution in [0.2, 0.25) is 0 Å². The second-order valence-electron chi connectivity index (χ2n) is 5.67. The van der Waals surface area contributed by atoms with Gasteiger partial charge >= 0.3 is 0 Å². The number of thiophene rings is 1. The van der Waals surface area contributed by atoms with Gasteiger partial charge in [-0.15, -0.1) is 21.5 Å². The van der Waals surface area contributed by atoms with E-state index in [1.165, 1.54) is 23.9 Å². The lowest BCUT2D eigenvalue weighted by Gasteiger charge is -2.20. The van der Waals surface area contributed by atoms with Crippen LogP contribution in [0.4, 0.5) is 4.39 Å². The highest BCUT2D eigenvalue weighted by Gasteiger charge is 2.17. The maximum absolute atomic E-state index is 13.3. The number of halogens is 1. The van der Waals surface area contributed by atoms with Crippen LogP contribution < -0.4 is 0 Å². The minimum Gasteiger partial charge on any atom is -0.338 e. The number of aromatic nitrogens is 3. The molecule has 8 heteroatoms. The van der Waals surface area contributed by atoms with E-state index >= 15 is 0 Å². The number of thioether (sulfide) groups is 1. The van der Waals surface area contributed by atoms with E-state index in [2.05, 4.69) is 10.2 Å². The van der Waals surface area contributed by atoms with Crippen LogP contribution in [0.1, 0.15) is 12.5 Å². The first-order valence-electron chi connectivity index (χ1n) is 8.16. The van der Waals surface area contributed by atoms with Crippen molar-refractivity contribution in [3.05, 3.63) is 53.2 Å². The highest BCUT2D eigenvalue weighted by Crippen LogP contribution is 2.26. The van der Waals surface area contributed by atoms with Crippen LogP contribution in [0.3, 0.4) is 0 Å². The summed E-state index contributed by atoms with van der Waals surface area (Å²) in [4.78, 5) is 15.3. The molecule has 0 aliphatic rings. The topological polar surface area (TPSA) is 51.0 Å². The molecule has 26 heavy (non-hydrogen) atoms. The van der Waals surface area contributed by atoms with Crippen LogP contribution in [0.15, 0.2) is 46.9 Å². The van der Waals surface area contributed by atoms with E-state index in [-0.39, 0.29) is 17.5 Å². The van der Waals surface area contributed by atoms with Crippen molar-refractivity contribution in [1.29, 1.82) is 0 Å². The van der Waals surface area contributed by atoms with Gasteiger partial charge in [-0.25, -0.2) is 4.39 Å². The molecule has 0 unspecified atom stereocenters. The Bertz CT molecular complexity index is 879. The highest BCUT2D eigenvalue weighted by atomic mass is 32.2. The van der Waals surface area contributed by atoms with Gasteiger partial charge in [-0.3, -0.25) is 4.79 Å². The van der Waals surface area contributed by atoms with Gasteiger partial charge in [0.2, 0.25) is 5.91 Å². The summed E-state index contributed by atoms with van der Waals surface area (Å²) >= 11 is 2.96. The molecule has 0 fully saturated rings. The summed E-state index contributed by atoms with van der Waals surface area (Å²) in [7, 11) is 1.90. The van der Waals surface area contributed by atoms with Gasteiger partial charge in [0.25, 0.3) is 0 Å². The van der Waals surface area contributed by atoms with Crippen molar-refractivity contribution in [3.8, 4) is 10.7 Å². The summed E-state index contributed by atoms with van der Waals surface area (Å²) in [5, 5.41) is 11.1. The van der Waals surface area contributed by atoms with Crippen LogP contribution in [0.25, 0.3) is 10.7 Å². The summed E-state index contributed by atoms with van der Waals surface area (Å²) in [6.45, 7) is 2.88. The number of rotatable bonds is 7. The molecule has 0 aliphatic heterocycles. The largest absolute Gasteiger partial charge is 0.338 e. The first-order chi connectivity index (χ1) is 12.6. The van der Waals surface area contributed by atoms with Gasteiger partial charge in [-0.05, 0) is 36.1 Å². The van der Waals surface area contributed by atoms with E-state index in [1.807, 2.05) is 42.1 Å². The molecule has 3 rings (SSSR count). The third-order valence-corrected chi connectivity index (χ3v) is 5.77. The number of nitrogens with zero attached hydrogens (tertiary/aromatic N) is 4.